The monoisotopic (exact) mass is 241 g/mol. The molecule has 94 valence electrons. The van der Waals surface area contributed by atoms with E-state index >= 15 is 0 Å². The van der Waals surface area contributed by atoms with Crippen LogP contribution in [0.5, 0.6) is 0 Å². The number of para-hydroxylation sites is 1. The summed E-state index contributed by atoms with van der Waals surface area (Å²) in [5.74, 6) is 1.00. The van der Waals surface area contributed by atoms with E-state index in [0.717, 1.165) is 29.2 Å². The lowest BCUT2D eigenvalue weighted by Gasteiger charge is -2.24. The summed E-state index contributed by atoms with van der Waals surface area (Å²) in [5, 5.41) is 0. The van der Waals surface area contributed by atoms with E-state index in [1.165, 1.54) is 0 Å². The van der Waals surface area contributed by atoms with Crippen LogP contribution < -0.4 is 10.6 Å². The van der Waals surface area contributed by atoms with Crippen LogP contribution in [0, 0.1) is 6.92 Å². The fraction of sp³-hybridized carbons (Fsp3) is 0.267. The first-order chi connectivity index (χ1) is 8.76. The molecule has 0 aliphatic carbocycles. The molecule has 1 aromatic carbocycles. The van der Waals surface area contributed by atoms with Gasteiger partial charge >= 0.3 is 0 Å². The second kappa shape index (κ2) is 5.65. The molecule has 0 radical (unpaired) electrons. The Balaban J connectivity index is 2.39. The molecular formula is C15H19N3. The Bertz CT molecular complexity index is 508. The minimum absolute atomic E-state index is 0.533. The number of hydrogen-bond donors (Lipinski definition) is 1. The average Bonchev–Trinajstić information content (AvgIpc) is 2.42. The molecule has 2 aromatic rings. The van der Waals surface area contributed by atoms with Crippen molar-refractivity contribution in [2.24, 2.45) is 5.73 Å². The Morgan fingerprint density at radius 2 is 1.94 bits per heavy atom. The molecule has 0 fully saturated rings. The predicted octanol–water partition coefficient (Wildman–Crippen LogP) is 3.01. The van der Waals surface area contributed by atoms with Crippen LogP contribution in [0.4, 0.5) is 11.5 Å². The number of nitrogens with two attached hydrogens (primary N) is 1. The molecule has 0 spiro atoms. The second-order valence-electron chi connectivity index (χ2n) is 4.27. The zero-order valence-corrected chi connectivity index (χ0v) is 10.9. The zero-order valence-electron chi connectivity index (χ0n) is 10.9. The third-order valence-corrected chi connectivity index (χ3v) is 2.98. The standard InChI is InChI=1S/C15H19N3/c1-3-18(14-7-5-4-6-8-14)15-12(2)9-13(10-16)11-17-15/h4-9,11H,3,10,16H2,1-2H3. The van der Waals surface area contributed by atoms with Gasteiger partial charge in [0.05, 0.1) is 0 Å². The van der Waals surface area contributed by atoms with E-state index in [0.29, 0.717) is 6.54 Å². The van der Waals surface area contributed by atoms with Gasteiger partial charge in [-0.1, -0.05) is 18.2 Å². The van der Waals surface area contributed by atoms with Gasteiger partial charge in [-0.2, -0.15) is 0 Å². The molecule has 3 nitrogen and oxygen atoms in total. The van der Waals surface area contributed by atoms with Crippen molar-refractivity contribution in [2.75, 3.05) is 11.4 Å². The quantitative estimate of drug-likeness (QED) is 0.894. The second-order valence-corrected chi connectivity index (χ2v) is 4.27. The van der Waals surface area contributed by atoms with Gasteiger partial charge in [-0.25, -0.2) is 4.98 Å². The molecule has 0 aliphatic rings. The number of aromatic nitrogens is 1. The lowest BCUT2D eigenvalue weighted by molar-refractivity contribution is 0.961. The van der Waals surface area contributed by atoms with E-state index in [4.69, 9.17) is 5.73 Å². The molecule has 2 rings (SSSR count). The Hall–Kier alpha value is -1.87. The van der Waals surface area contributed by atoms with Gasteiger partial charge in [0.15, 0.2) is 0 Å². The number of rotatable bonds is 4. The fourth-order valence-electron chi connectivity index (χ4n) is 2.08. The van der Waals surface area contributed by atoms with Crippen LogP contribution in [-0.4, -0.2) is 11.5 Å². The van der Waals surface area contributed by atoms with Crippen molar-refractivity contribution in [1.29, 1.82) is 0 Å². The average molecular weight is 241 g/mol. The molecule has 1 aromatic heterocycles. The summed E-state index contributed by atoms with van der Waals surface area (Å²) in [5.41, 5.74) is 9.02. The summed E-state index contributed by atoms with van der Waals surface area (Å²) in [6.45, 7) is 5.63. The predicted molar refractivity (Wildman–Crippen MR) is 76.0 cm³/mol. The normalized spacial score (nSPS) is 10.4. The fourth-order valence-corrected chi connectivity index (χ4v) is 2.08. The summed E-state index contributed by atoms with van der Waals surface area (Å²) in [6.07, 6.45) is 1.86. The third kappa shape index (κ3) is 2.51. The summed E-state index contributed by atoms with van der Waals surface area (Å²) in [4.78, 5) is 6.75. The zero-order chi connectivity index (χ0) is 13.0. The number of anilines is 2. The topological polar surface area (TPSA) is 42.2 Å². The van der Waals surface area contributed by atoms with E-state index < -0.39 is 0 Å². The Morgan fingerprint density at radius 1 is 1.22 bits per heavy atom. The smallest absolute Gasteiger partial charge is 0.135 e. The van der Waals surface area contributed by atoms with Crippen LogP contribution in [0.25, 0.3) is 0 Å². The minimum atomic E-state index is 0.533. The van der Waals surface area contributed by atoms with Gasteiger partial charge in [0.1, 0.15) is 5.82 Å². The molecule has 1 heterocycles. The molecular weight excluding hydrogens is 222 g/mol. The van der Waals surface area contributed by atoms with Crippen molar-refractivity contribution in [1.82, 2.24) is 4.98 Å². The lowest BCUT2D eigenvalue weighted by Crippen LogP contribution is -2.18. The van der Waals surface area contributed by atoms with E-state index in [1.54, 1.807) is 0 Å². The highest BCUT2D eigenvalue weighted by Crippen LogP contribution is 2.26. The van der Waals surface area contributed by atoms with Crippen LogP contribution in [-0.2, 0) is 6.54 Å². The van der Waals surface area contributed by atoms with E-state index in [-0.39, 0.29) is 0 Å². The molecule has 3 heteroatoms. The van der Waals surface area contributed by atoms with Crippen LogP contribution in [0.3, 0.4) is 0 Å². The molecule has 0 amide bonds. The van der Waals surface area contributed by atoms with E-state index in [2.05, 4.69) is 41.9 Å². The van der Waals surface area contributed by atoms with Crippen molar-refractivity contribution in [3.05, 3.63) is 53.7 Å². The van der Waals surface area contributed by atoms with Crippen LogP contribution in [0.2, 0.25) is 0 Å². The van der Waals surface area contributed by atoms with Gasteiger partial charge in [-0.05, 0) is 43.2 Å². The summed E-state index contributed by atoms with van der Waals surface area (Å²) in [7, 11) is 0. The maximum absolute atomic E-state index is 5.63. The van der Waals surface area contributed by atoms with Gasteiger partial charge in [0.2, 0.25) is 0 Å². The van der Waals surface area contributed by atoms with Crippen molar-refractivity contribution in [2.45, 2.75) is 20.4 Å². The number of hydrogen-bond acceptors (Lipinski definition) is 3. The SMILES string of the molecule is CCN(c1ccccc1)c1ncc(CN)cc1C. The van der Waals surface area contributed by atoms with E-state index in [1.807, 2.05) is 24.4 Å². The van der Waals surface area contributed by atoms with Crippen molar-refractivity contribution >= 4 is 11.5 Å². The van der Waals surface area contributed by atoms with Crippen LogP contribution in [0.1, 0.15) is 18.1 Å². The third-order valence-electron chi connectivity index (χ3n) is 2.98. The molecule has 0 bridgehead atoms. The molecule has 0 atom stereocenters. The van der Waals surface area contributed by atoms with Crippen molar-refractivity contribution in [3.8, 4) is 0 Å². The highest BCUT2D eigenvalue weighted by Gasteiger charge is 2.11. The molecule has 0 aliphatic heterocycles. The Labute approximate surface area is 108 Å². The molecule has 0 unspecified atom stereocenters. The van der Waals surface area contributed by atoms with Crippen molar-refractivity contribution in [3.63, 3.8) is 0 Å². The molecule has 0 saturated heterocycles. The lowest BCUT2D eigenvalue weighted by atomic mass is 10.2. The number of nitrogens with zero attached hydrogens (tertiary/aromatic N) is 2. The number of aryl methyl sites for hydroxylation is 1. The van der Waals surface area contributed by atoms with Gasteiger partial charge in [-0.3, -0.25) is 0 Å². The van der Waals surface area contributed by atoms with Crippen LogP contribution >= 0.6 is 0 Å². The number of benzene rings is 1. The number of pyridine rings is 1. The summed E-state index contributed by atoms with van der Waals surface area (Å²) < 4.78 is 0. The van der Waals surface area contributed by atoms with Crippen LogP contribution in [0.15, 0.2) is 42.6 Å². The molecule has 18 heavy (non-hydrogen) atoms. The minimum Gasteiger partial charge on any atom is -0.326 e. The highest BCUT2D eigenvalue weighted by atomic mass is 15.2. The molecule has 0 saturated carbocycles. The highest BCUT2D eigenvalue weighted by molar-refractivity contribution is 5.62. The maximum atomic E-state index is 5.63. The van der Waals surface area contributed by atoms with Gasteiger partial charge < -0.3 is 10.6 Å². The van der Waals surface area contributed by atoms with Gasteiger partial charge in [0, 0.05) is 25.0 Å². The largest absolute Gasteiger partial charge is 0.326 e. The molecule has 2 N–H and O–H groups in total. The Morgan fingerprint density at radius 3 is 2.50 bits per heavy atom. The maximum Gasteiger partial charge on any atom is 0.135 e. The Kier molecular flexibility index (Phi) is 3.95. The first-order valence-electron chi connectivity index (χ1n) is 6.24. The summed E-state index contributed by atoms with van der Waals surface area (Å²) in [6, 6.07) is 12.4. The van der Waals surface area contributed by atoms with Crippen molar-refractivity contribution < 1.29 is 0 Å². The van der Waals surface area contributed by atoms with E-state index in [9.17, 15) is 0 Å². The first kappa shape index (κ1) is 12.6. The first-order valence-corrected chi connectivity index (χ1v) is 6.24. The summed E-state index contributed by atoms with van der Waals surface area (Å²) >= 11 is 0. The van der Waals surface area contributed by atoms with Gasteiger partial charge in [-0.15, -0.1) is 0 Å². The van der Waals surface area contributed by atoms with Gasteiger partial charge in [0.25, 0.3) is 0 Å².